The lowest BCUT2D eigenvalue weighted by Crippen LogP contribution is -2.37. The monoisotopic (exact) mass is 349 g/mol. The van der Waals surface area contributed by atoms with Crippen LogP contribution in [0.15, 0.2) is 36.5 Å². The van der Waals surface area contributed by atoms with Crippen molar-refractivity contribution in [2.24, 2.45) is 0 Å². The summed E-state index contributed by atoms with van der Waals surface area (Å²) in [6, 6.07) is 9.58. The first-order valence-corrected chi connectivity index (χ1v) is 9.35. The first-order chi connectivity index (χ1) is 11.5. The van der Waals surface area contributed by atoms with Crippen molar-refractivity contribution >= 4 is 15.9 Å². The van der Waals surface area contributed by atoms with E-state index < -0.39 is 10.0 Å². The van der Waals surface area contributed by atoms with Crippen LogP contribution in [-0.2, 0) is 21.4 Å². The first-order valence-electron chi connectivity index (χ1n) is 7.75. The molecule has 0 aliphatic carbocycles. The van der Waals surface area contributed by atoms with E-state index in [9.17, 15) is 13.2 Å². The van der Waals surface area contributed by atoms with Gasteiger partial charge in [0.05, 0.1) is 11.9 Å². The minimum Gasteiger partial charge on any atom is -0.353 e. The van der Waals surface area contributed by atoms with E-state index in [-0.39, 0.29) is 24.7 Å². The number of hydrogen-bond acceptors (Lipinski definition) is 5. The average Bonchev–Trinajstić information content (AvgIpc) is 3.15. The summed E-state index contributed by atoms with van der Waals surface area (Å²) in [5, 5.41) is 10.7. The van der Waals surface area contributed by atoms with Crippen molar-refractivity contribution in [2.75, 3.05) is 25.4 Å². The summed E-state index contributed by atoms with van der Waals surface area (Å²) in [7, 11) is -3.12. The summed E-state index contributed by atoms with van der Waals surface area (Å²) in [6.45, 7) is 1.17. The maximum atomic E-state index is 11.9. The van der Waals surface area contributed by atoms with Gasteiger partial charge in [0.15, 0.2) is 0 Å². The van der Waals surface area contributed by atoms with Crippen molar-refractivity contribution < 1.29 is 13.2 Å². The van der Waals surface area contributed by atoms with E-state index >= 15 is 0 Å². The Morgan fingerprint density at radius 2 is 2.04 bits per heavy atom. The fourth-order valence-corrected chi connectivity index (χ4v) is 4.11. The zero-order chi connectivity index (χ0) is 17.0. The number of nitrogens with zero attached hydrogens (tertiary/aromatic N) is 4. The molecule has 1 aliphatic rings. The van der Waals surface area contributed by atoms with Crippen molar-refractivity contribution in [3.8, 4) is 11.3 Å². The van der Waals surface area contributed by atoms with Crippen LogP contribution >= 0.6 is 0 Å². The Morgan fingerprint density at radius 1 is 1.25 bits per heavy atom. The van der Waals surface area contributed by atoms with Gasteiger partial charge in [-0.1, -0.05) is 35.5 Å². The minimum atomic E-state index is -3.12. The van der Waals surface area contributed by atoms with E-state index in [0.29, 0.717) is 25.2 Å². The smallest absolute Gasteiger partial charge is 0.241 e. The van der Waals surface area contributed by atoms with Gasteiger partial charge in [-0.15, -0.1) is 5.10 Å². The fraction of sp³-hybridized carbons (Fsp3) is 0.400. The third-order valence-corrected chi connectivity index (χ3v) is 5.76. The summed E-state index contributed by atoms with van der Waals surface area (Å²) in [6.07, 6.45) is 2.36. The van der Waals surface area contributed by atoms with Gasteiger partial charge in [-0.05, 0) is 6.42 Å². The predicted molar refractivity (Wildman–Crippen MR) is 88.4 cm³/mol. The molecule has 0 unspecified atom stereocenters. The summed E-state index contributed by atoms with van der Waals surface area (Å²) in [4.78, 5) is 11.9. The molecule has 0 atom stereocenters. The Hall–Kier alpha value is -2.26. The van der Waals surface area contributed by atoms with Crippen molar-refractivity contribution in [3.05, 3.63) is 36.5 Å². The molecule has 9 heteroatoms. The van der Waals surface area contributed by atoms with Gasteiger partial charge in [0.1, 0.15) is 12.2 Å². The molecule has 8 nitrogen and oxygen atoms in total. The van der Waals surface area contributed by atoms with E-state index in [2.05, 4.69) is 15.6 Å². The molecule has 1 amide bonds. The second-order valence-electron chi connectivity index (χ2n) is 5.59. The summed E-state index contributed by atoms with van der Waals surface area (Å²) in [5.41, 5.74) is 1.63. The predicted octanol–water partition coefficient (Wildman–Crippen LogP) is 0.0968. The average molecular weight is 349 g/mol. The van der Waals surface area contributed by atoms with Crippen LogP contribution in [0.3, 0.4) is 0 Å². The Kier molecular flexibility index (Phi) is 4.91. The Morgan fingerprint density at radius 3 is 2.75 bits per heavy atom. The molecule has 24 heavy (non-hydrogen) atoms. The van der Waals surface area contributed by atoms with Crippen molar-refractivity contribution in [3.63, 3.8) is 0 Å². The number of carbonyl (C=O) groups is 1. The first kappa shape index (κ1) is 16.6. The standard InChI is InChI=1S/C15H19N5O3S/c21-15(16-7-9-20-8-4-10-24(20,22)23)12-19-11-14(17-18-19)13-5-2-1-3-6-13/h1-3,5-6,11H,4,7-10,12H2,(H,16,21). The molecule has 2 aromatic rings. The van der Waals surface area contributed by atoms with Crippen LogP contribution in [0.4, 0.5) is 0 Å². The normalized spacial score (nSPS) is 17.0. The number of benzene rings is 1. The highest BCUT2D eigenvalue weighted by molar-refractivity contribution is 7.89. The molecule has 1 saturated heterocycles. The van der Waals surface area contributed by atoms with E-state index in [0.717, 1.165) is 5.56 Å². The SMILES string of the molecule is O=C(Cn1cc(-c2ccccc2)nn1)NCCN1CCCS1(=O)=O. The Bertz CT molecular complexity index is 804. The number of sulfonamides is 1. The number of carbonyl (C=O) groups excluding carboxylic acids is 1. The van der Waals surface area contributed by atoms with Gasteiger partial charge in [-0.3, -0.25) is 4.79 Å². The Balaban J connectivity index is 1.48. The molecular weight excluding hydrogens is 330 g/mol. The number of amides is 1. The van der Waals surface area contributed by atoms with Crippen LogP contribution in [0.5, 0.6) is 0 Å². The molecule has 3 rings (SSSR count). The van der Waals surface area contributed by atoms with Crippen LogP contribution in [-0.4, -0.2) is 59.0 Å². The molecular formula is C15H19N5O3S. The lowest BCUT2D eigenvalue weighted by atomic mass is 10.2. The molecule has 0 bridgehead atoms. The molecule has 1 aromatic heterocycles. The van der Waals surface area contributed by atoms with Crippen LogP contribution in [0.1, 0.15) is 6.42 Å². The molecule has 1 N–H and O–H groups in total. The quantitative estimate of drug-likeness (QED) is 0.797. The highest BCUT2D eigenvalue weighted by Crippen LogP contribution is 2.14. The van der Waals surface area contributed by atoms with Crippen molar-refractivity contribution in [1.82, 2.24) is 24.6 Å². The Labute approximate surface area is 140 Å². The van der Waals surface area contributed by atoms with E-state index in [4.69, 9.17) is 0 Å². The minimum absolute atomic E-state index is 0.0482. The maximum Gasteiger partial charge on any atom is 0.241 e. The molecule has 1 aromatic carbocycles. The summed E-state index contributed by atoms with van der Waals surface area (Å²) in [5.74, 6) is -0.0292. The van der Waals surface area contributed by atoms with Crippen molar-refractivity contribution in [1.29, 1.82) is 0 Å². The van der Waals surface area contributed by atoms with Gasteiger partial charge in [-0.2, -0.15) is 0 Å². The third-order valence-electron chi connectivity index (χ3n) is 3.80. The van der Waals surface area contributed by atoms with Gasteiger partial charge < -0.3 is 5.32 Å². The van der Waals surface area contributed by atoms with Crippen LogP contribution in [0, 0.1) is 0 Å². The van der Waals surface area contributed by atoms with E-state index in [1.807, 2.05) is 30.3 Å². The highest BCUT2D eigenvalue weighted by atomic mass is 32.2. The largest absolute Gasteiger partial charge is 0.353 e. The third kappa shape index (κ3) is 3.98. The number of nitrogens with one attached hydrogen (secondary N) is 1. The molecule has 2 heterocycles. The van der Waals surface area contributed by atoms with Gasteiger partial charge in [0.25, 0.3) is 0 Å². The number of aromatic nitrogens is 3. The number of hydrogen-bond donors (Lipinski definition) is 1. The second kappa shape index (κ2) is 7.10. The molecule has 1 aliphatic heterocycles. The van der Waals surface area contributed by atoms with Crippen LogP contribution < -0.4 is 5.32 Å². The van der Waals surface area contributed by atoms with Crippen LogP contribution in [0.25, 0.3) is 11.3 Å². The van der Waals surface area contributed by atoms with Crippen molar-refractivity contribution in [2.45, 2.75) is 13.0 Å². The molecule has 0 saturated carbocycles. The lowest BCUT2D eigenvalue weighted by Gasteiger charge is -2.14. The summed E-state index contributed by atoms with van der Waals surface area (Å²) >= 11 is 0. The molecule has 1 fully saturated rings. The fourth-order valence-electron chi connectivity index (χ4n) is 2.58. The highest BCUT2D eigenvalue weighted by Gasteiger charge is 2.27. The number of rotatable bonds is 6. The summed E-state index contributed by atoms with van der Waals surface area (Å²) < 4.78 is 26.2. The van der Waals surface area contributed by atoms with E-state index in [1.165, 1.54) is 8.99 Å². The zero-order valence-electron chi connectivity index (χ0n) is 13.1. The molecule has 0 radical (unpaired) electrons. The van der Waals surface area contributed by atoms with E-state index in [1.54, 1.807) is 6.20 Å². The van der Waals surface area contributed by atoms with Gasteiger partial charge in [0.2, 0.25) is 15.9 Å². The lowest BCUT2D eigenvalue weighted by molar-refractivity contribution is -0.121. The van der Waals surface area contributed by atoms with Gasteiger partial charge in [-0.25, -0.2) is 17.4 Å². The molecule has 128 valence electrons. The molecule has 0 spiro atoms. The topological polar surface area (TPSA) is 97.2 Å². The van der Waals surface area contributed by atoms with Crippen LogP contribution in [0.2, 0.25) is 0 Å². The van der Waals surface area contributed by atoms with Gasteiger partial charge in [0, 0.05) is 25.2 Å². The second-order valence-corrected chi connectivity index (χ2v) is 7.67. The van der Waals surface area contributed by atoms with Gasteiger partial charge >= 0.3 is 0 Å². The maximum absolute atomic E-state index is 11.9. The zero-order valence-corrected chi connectivity index (χ0v) is 13.9.